The van der Waals surface area contributed by atoms with Gasteiger partial charge < -0.3 is 11.1 Å². The summed E-state index contributed by atoms with van der Waals surface area (Å²) in [6.45, 7) is 7.97. The molecule has 3 N–H and O–H groups in total. The molecule has 0 saturated carbocycles. The minimum absolute atomic E-state index is 0.143. The van der Waals surface area contributed by atoms with Gasteiger partial charge in [0, 0.05) is 17.0 Å². The average molecular weight is 227 g/mol. The quantitative estimate of drug-likeness (QED) is 0.816. The Bertz CT molecular complexity index is 365. The molecule has 4 nitrogen and oxygen atoms in total. The van der Waals surface area contributed by atoms with Crippen LogP contribution in [0.15, 0.2) is 0 Å². The summed E-state index contributed by atoms with van der Waals surface area (Å²) in [5, 5.41) is 3.68. The molecule has 1 aromatic heterocycles. The number of carbonyl (C=O) groups is 1. The number of hydrogen-bond donors (Lipinski definition) is 2. The van der Waals surface area contributed by atoms with Gasteiger partial charge >= 0.3 is 0 Å². The van der Waals surface area contributed by atoms with E-state index in [1.807, 2.05) is 27.7 Å². The highest BCUT2D eigenvalue weighted by atomic mass is 32.1. The number of amides is 1. The minimum Gasteiger partial charge on any atom is -0.349 e. The van der Waals surface area contributed by atoms with Crippen molar-refractivity contribution in [2.45, 2.75) is 33.2 Å². The zero-order chi connectivity index (χ0) is 11.6. The van der Waals surface area contributed by atoms with Crippen molar-refractivity contribution in [1.82, 2.24) is 10.3 Å². The van der Waals surface area contributed by atoms with E-state index in [0.29, 0.717) is 12.2 Å². The highest BCUT2D eigenvalue weighted by molar-refractivity contribution is 7.11. The van der Waals surface area contributed by atoms with Gasteiger partial charge in [-0.2, -0.15) is 0 Å². The van der Waals surface area contributed by atoms with Crippen LogP contribution in [-0.4, -0.2) is 23.0 Å². The number of aromatic nitrogens is 1. The second kappa shape index (κ2) is 4.28. The summed E-state index contributed by atoms with van der Waals surface area (Å²) in [5.74, 6) is -0.143. The zero-order valence-corrected chi connectivity index (χ0v) is 10.4. The van der Waals surface area contributed by atoms with Gasteiger partial charge in [-0.25, -0.2) is 4.98 Å². The number of nitrogens with zero attached hydrogens (tertiary/aromatic N) is 1. The first-order chi connectivity index (χ1) is 6.79. The lowest BCUT2D eigenvalue weighted by Gasteiger charge is -2.18. The SMILES string of the molecule is Cc1nc(C(=O)NCC(C)(C)N)c(C)s1. The highest BCUT2D eigenvalue weighted by Gasteiger charge is 2.17. The first kappa shape index (κ1) is 12.1. The van der Waals surface area contributed by atoms with Gasteiger partial charge in [-0.05, 0) is 27.7 Å². The van der Waals surface area contributed by atoms with Crippen molar-refractivity contribution in [2.75, 3.05) is 6.54 Å². The molecule has 0 aromatic carbocycles. The molecule has 0 aliphatic heterocycles. The van der Waals surface area contributed by atoms with E-state index in [1.165, 1.54) is 11.3 Å². The summed E-state index contributed by atoms with van der Waals surface area (Å²) in [5.41, 5.74) is 5.89. The van der Waals surface area contributed by atoms with E-state index in [4.69, 9.17) is 5.73 Å². The summed E-state index contributed by atoms with van der Waals surface area (Å²) in [4.78, 5) is 16.8. The van der Waals surface area contributed by atoms with E-state index in [-0.39, 0.29) is 5.91 Å². The molecule has 1 aromatic rings. The predicted octanol–water partition coefficient (Wildman–Crippen LogP) is 1.23. The summed E-state index contributed by atoms with van der Waals surface area (Å²) in [6, 6.07) is 0. The van der Waals surface area contributed by atoms with E-state index in [1.54, 1.807) is 0 Å². The molecule has 15 heavy (non-hydrogen) atoms. The van der Waals surface area contributed by atoms with E-state index < -0.39 is 5.54 Å². The van der Waals surface area contributed by atoms with Crippen molar-refractivity contribution in [2.24, 2.45) is 5.73 Å². The Kier molecular flexibility index (Phi) is 3.46. The Morgan fingerprint density at radius 3 is 2.53 bits per heavy atom. The molecule has 0 bridgehead atoms. The summed E-state index contributed by atoms with van der Waals surface area (Å²) >= 11 is 1.53. The van der Waals surface area contributed by atoms with E-state index in [2.05, 4.69) is 10.3 Å². The normalized spacial score (nSPS) is 11.5. The monoisotopic (exact) mass is 227 g/mol. The topological polar surface area (TPSA) is 68.0 Å². The molecule has 0 unspecified atom stereocenters. The maximum Gasteiger partial charge on any atom is 0.271 e. The fourth-order valence-electron chi connectivity index (χ4n) is 1.13. The third kappa shape index (κ3) is 3.60. The van der Waals surface area contributed by atoms with Crippen LogP contribution in [0.3, 0.4) is 0 Å². The van der Waals surface area contributed by atoms with E-state index in [0.717, 1.165) is 9.88 Å². The standard InChI is InChI=1S/C10H17N3OS/c1-6-8(13-7(2)15-6)9(14)12-5-10(3,4)11/h5,11H2,1-4H3,(H,12,14). The number of aryl methyl sites for hydroxylation is 2. The number of thiazole rings is 1. The molecule has 1 amide bonds. The Morgan fingerprint density at radius 1 is 1.53 bits per heavy atom. The lowest BCUT2D eigenvalue weighted by molar-refractivity contribution is 0.0941. The van der Waals surface area contributed by atoms with Crippen LogP contribution in [0.25, 0.3) is 0 Å². The second-order valence-corrected chi connectivity index (χ2v) is 5.72. The van der Waals surface area contributed by atoms with Crippen LogP contribution >= 0.6 is 11.3 Å². The zero-order valence-electron chi connectivity index (χ0n) is 9.55. The fourth-order valence-corrected chi connectivity index (χ4v) is 1.95. The molecule has 0 aliphatic rings. The minimum atomic E-state index is -0.394. The summed E-state index contributed by atoms with van der Waals surface area (Å²) in [7, 11) is 0. The Balaban J connectivity index is 2.66. The lowest BCUT2D eigenvalue weighted by atomic mass is 10.1. The van der Waals surface area contributed by atoms with Crippen LogP contribution in [0.5, 0.6) is 0 Å². The van der Waals surface area contributed by atoms with Crippen LogP contribution < -0.4 is 11.1 Å². The van der Waals surface area contributed by atoms with Gasteiger partial charge in [0.05, 0.1) is 5.01 Å². The van der Waals surface area contributed by atoms with Crippen LogP contribution in [0.1, 0.15) is 34.2 Å². The van der Waals surface area contributed by atoms with E-state index in [9.17, 15) is 4.79 Å². The number of nitrogens with one attached hydrogen (secondary N) is 1. The molecule has 0 atom stereocenters. The molecule has 0 radical (unpaired) electrons. The third-order valence-electron chi connectivity index (χ3n) is 1.82. The number of nitrogens with two attached hydrogens (primary N) is 1. The first-order valence-electron chi connectivity index (χ1n) is 4.81. The highest BCUT2D eigenvalue weighted by Crippen LogP contribution is 2.16. The molecular weight excluding hydrogens is 210 g/mol. The predicted molar refractivity (Wildman–Crippen MR) is 62.2 cm³/mol. The third-order valence-corrected chi connectivity index (χ3v) is 2.71. The van der Waals surface area contributed by atoms with Gasteiger partial charge in [0.25, 0.3) is 5.91 Å². The number of rotatable bonds is 3. The van der Waals surface area contributed by atoms with Crippen molar-refractivity contribution in [3.8, 4) is 0 Å². The van der Waals surface area contributed by atoms with Crippen molar-refractivity contribution < 1.29 is 4.79 Å². The van der Waals surface area contributed by atoms with Crippen LogP contribution in [0, 0.1) is 13.8 Å². The summed E-state index contributed by atoms with van der Waals surface area (Å²) < 4.78 is 0. The number of hydrogen-bond acceptors (Lipinski definition) is 4. The van der Waals surface area contributed by atoms with Gasteiger partial charge in [-0.15, -0.1) is 11.3 Å². The molecule has 1 rings (SSSR count). The van der Waals surface area contributed by atoms with Gasteiger partial charge in [-0.3, -0.25) is 4.79 Å². The molecule has 0 saturated heterocycles. The van der Waals surface area contributed by atoms with Crippen molar-refractivity contribution in [3.05, 3.63) is 15.6 Å². The maximum atomic E-state index is 11.7. The molecule has 5 heteroatoms. The first-order valence-corrected chi connectivity index (χ1v) is 5.62. The largest absolute Gasteiger partial charge is 0.349 e. The fraction of sp³-hybridized carbons (Fsp3) is 0.600. The average Bonchev–Trinajstić information content (AvgIpc) is 2.40. The van der Waals surface area contributed by atoms with Gasteiger partial charge in [0.15, 0.2) is 0 Å². The van der Waals surface area contributed by atoms with Crippen molar-refractivity contribution in [1.29, 1.82) is 0 Å². The lowest BCUT2D eigenvalue weighted by Crippen LogP contribution is -2.45. The molecule has 0 spiro atoms. The second-order valence-electron chi connectivity index (χ2n) is 4.31. The number of carbonyl (C=O) groups excluding carboxylic acids is 1. The smallest absolute Gasteiger partial charge is 0.271 e. The van der Waals surface area contributed by atoms with Crippen LogP contribution in [-0.2, 0) is 0 Å². The molecule has 84 valence electrons. The van der Waals surface area contributed by atoms with Gasteiger partial charge in [-0.1, -0.05) is 0 Å². The van der Waals surface area contributed by atoms with Crippen LogP contribution in [0.4, 0.5) is 0 Å². The molecule has 1 heterocycles. The Hall–Kier alpha value is -0.940. The molecule has 0 fully saturated rings. The Labute approximate surface area is 93.9 Å². The van der Waals surface area contributed by atoms with E-state index >= 15 is 0 Å². The summed E-state index contributed by atoms with van der Waals surface area (Å²) in [6.07, 6.45) is 0. The molecule has 0 aliphatic carbocycles. The maximum absolute atomic E-state index is 11.7. The van der Waals surface area contributed by atoms with Crippen LogP contribution in [0.2, 0.25) is 0 Å². The van der Waals surface area contributed by atoms with Crippen molar-refractivity contribution in [3.63, 3.8) is 0 Å². The molecular formula is C10H17N3OS. The Morgan fingerprint density at radius 2 is 2.13 bits per heavy atom. The van der Waals surface area contributed by atoms with Crippen molar-refractivity contribution >= 4 is 17.2 Å². The van der Waals surface area contributed by atoms with Gasteiger partial charge in [0.2, 0.25) is 0 Å². The van der Waals surface area contributed by atoms with Gasteiger partial charge in [0.1, 0.15) is 5.69 Å².